The van der Waals surface area contributed by atoms with E-state index >= 15 is 0 Å². The molecule has 0 saturated carbocycles. The van der Waals surface area contributed by atoms with Crippen LogP contribution in [0.25, 0.3) is 0 Å². The van der Waals surface area contributed by atoms with Crippen LogP contribution in [0.4, 0.5) is 0 Å². The lowest BCUT2D eigenvalue weighted by Gasteiger charge is -2.32. The Labute approximate surface area is 198 Å². The van der Waals surface area contributed by atoms with Crippen LogP contribution in [-0.2, 0) is 13.0 Å². The van der Waals surface area contributed by atoms with Crippen LogP contribution in [0.15, 0.2) is 59.7 Å². The standard InChI is InChI=1S/C24H35N5.HI/c1-25-24(28-20-23-11-5-6-14-26-23)27-15-7-8-16-29-17-12-22(13-18-29)19-21-9-3-2-4-10-21;/h2-6,9-11,14,22H,7-8,12-13,15-20H2,1H3,(H2,25,27,28);1H. The molecule has 164 valence electrons. The number of guanidine groups is 1. The summed E-state index contributed by atoms with van der Waals surface area (Å²) < 4.78 is 0. The van der Waals surface area contributed by atoms with Gasteiger partial charge in [-0.2, -0.15) is 0 Å². The molecular weight excluding hydrogens is 485 g/mol. The average molecular weight is 521 g/mol. The number of likely N-dealkylation sites (tertiary alicyclic amines) is 1. The third-order valence-corrected chi connectivity index (χ3v) is 5.65. The van der Waals surface area contributed by atoms with Crippen LogP contribution < -0.4 is 10.6 Å². The summed E-state index contributed by atoms with van der Waals surface area (Å²) in [6, 6.07) is 16.9. The number of aliphatic imine (C=N–C) groups is 1. The molecule has 2 heterocycles. The molecule has 2 N–H and O–H groups in total. The highest BCUT2D eigenvalue weighted by atomic mass is 127. The summed E-state index contributed by atoms with van der Waals surface area (Å²) in [4.78, 5) is 11.2. The quantitative estimate of drug-likeness (QED) is 0.226. The van der Waals surface area contributed by atoms with Gasteiger partial charge < -0.3 is 15.5 Å². The van der Waals surface area contributed by atoms with Gasteiger partial charge in [-0.3, -0.25) is 9.98 Å². The van der Waals surface area contributed by atoms with Crippen molar-refractivity contribution in [1.29, 1.82) is 0 Å². The van der Waals surface area contributed by atoms with E-state index in [4.69, 9.17) is 0 Å². The molecule has 1 saturated heterocycles. The van der Waals surface area contributed by atoms with Gasteiger partial charge in [-0.15, -0.1) is 24.0 Å². The fourth-order valence-electron chi connectivity index (χ4n) is 3.93. The lowest BCUT2D eigenvalue weighted by molar-refractivity contribution is 0.181. The number of benzene rings is 1. The van der Waals surface area contributed by atoms with Gasteiger partial charge in [-0.05, 0) is 75.4 Å². The number of nitrogens with zero attached hydrogens (tertiary/aromatic N) is 3. The molecule has 3 rings (SSSR count). The second-order valence-electron chi connectivity index (χ2n) is 7.86. The van der Waals surface area contributed by atoms with Crippen LogP contribution in [-0.4, -0.2) is 49.1 Å². The molecule has 0 aliphatic carbocycles. The van der Waals surface area contributed by atoms with Crippen molar-refractivity contribution < 1.29 is 0 Å². The highest BCUT2D eigenvalue weighted by molar-refractivity contribution is 14.0. The number of hydrogen-bond acceptors (Lipinski definition) is 3. The van der Waals surface area contributed by atoms with Crippen molar-refractivity contribution in [2.75, 3.05) is 33.2 Å². The van der Waals surface area contributed by atoms with E-state index in [-0.39, 0.29) is 24.0 Å². The summed E-state index contributed by atoms with van der Waals surface area (Å²) in [7, 11) is 1.81. The molecule has 0 amide bonds. The van der Waals surface area contributed by atoms with E-state index in [1.807, 2.05) is 31.4 Å². The first-order valence-corrected chi connectivity index (χ1v) is 10.9. The highest BCUT2D eigenvalue weighted by Crippen LogP contribution is 2.21. The van der Waals surface area contributed by atoms with Gasteiger partial charge in [0.15, 0.2) is 5.96 Å². The maximum absolute atomic E-state index is 4.32. The van der Waals surface area contributed by atoms with Crippen molar-refractivity contribution in [3.8, 4) is 0 Å². The third-order valence-electron chi connectivity index (χ3n) is 5.65. The van der Waals surface area contributed by atoms with Crippen LogP contribution in [0.2, 0.25) is 0 Å². The average Bonchev–Trinajstić information content (AvgIpc) is 2.78. The van der Waals surface area contributed by atoms with E-state index in [1.165, 1.54) is 50.9 Å². The van der Waals surface area contributed by atoms with Crippen LogP contribution in [0, 0.1) is 5.92 Å². The molecule has 30 heavy (non-hydrogen) atoms. The van der Waals surface area contributed by atoms with Gasteiger partial charge in [0, 0.05) is 19.8 Å². The van der Waals surface area contributed by atoms with Crippen molar-refractivity contribution in [3.05, 3.63) is 66.0 Å². The van der Waals surface area contributed by atoms with E-state index in [0.29, 0.717) is 6.54 Å². The molecule has 1 fully saturated rings. The van der Waals surface area contributed by atoms with Gasteiger partial charge in [0.05, 0.1) is 12.2 Å². The van der Waals surface area contributed by atoms with Crippen molar-refractivity contribution >= 4 is 29.9 Å². The predicted octanol–water partition coefficient (Wildman–Crippen LogP) is 4.10. The summed E-state index contributed by atoms with van der Waals surface area (Å²) in [5, 5.41) is 6.72. The highest BCUT2D eigenvalue weighted by Gasteiger charge is 2.18. The van der Waals surface area contributed by atoms with Gasteiger partial charge in [-0.1, -0.05) is 36.4 Å². The molecule has 6 heteroatoms. The first-order chi connectivity index (χ1) is 14.3. The monoisotopic (exact) mass is 521 g/mol. The van der Waals surface area contributed by atoms with Gasteiger partial charge in [-0.25, -0.2) is 0 Å². The number of piperidine rings is 1. The lowest BCUT2D eigenvalue weighted by atomic mass is 9.90. The SMILES string of the molecule is CN=C(NCCCCN1CCC(Cc2ccccc2)CC1)NCc1ccccn1.I. The maximum atomic E-state index is 4.32. The Balaban J connectivity index is 0.00000320. The number of pyridine rings is 1. The second-order valence-corrected chi connectivity index (χ2v) is 7.86. The Bertz CT molecular complexity index is 715. The van der Waals surface area contributed by atoms with Crippen molar-refractivity contribution in [1.82, 2.24) is 20.5 Å². The van der Waals surface area contributed by atoms with Crippen molar-refractivity contribution in [3.63, 3.8) is 0 Å². The van der Waals surface area contributed by atoms with E-state index in [0.717, 1.165) is 30.5 Å². The lowest BCUT2D eigenvalue weighted by Crippen LogP contribution is -2.38. The molecule has 1 aliphatic heterocycles. The van der Waals surface area contributed by atoms with Crippen LogP contribution in [0.3, 0.4) is 0 Å². The summed E-state index contributed by atoms with van der Waals surface area (Å²) in [5.74, 6) is 1.70. The van der Waals surface area contributed by atoms with Gasteiger partial charge in [0.1, 0.15) is 0 Å². The molecular formula is C24H36IN5. The van der Waals surface area contributed by atoms with Crippen molar-refractivity contribution in [2.24, 2.45) is 10.9 Å². The molecule has 0 atom stereocenters. The molecule has 0 spiro atoms. The number of hydrogen-bond donors (Lipinski definition) is 2. The number of aromatic nitrogens is 1. The zero-order valence-electron chi connectivity index (χ0n) is 18.1. The number of nitrogens with one attached hydrogen (secondary N) is 2. The minimum absolute atomic E-state index is 0. The molecule has 1 aromatic carbocycles. The van der Waals surface area contributed by atoms with Gasteiger partial charge in [0.2, 0.25) is 0 Å². The molecule has 0 bridgehead atoms. The Morgan fingerprint density at radius 2 is 1.80 bits per heavy atom. The molecule has 0 radical (unpaired) electrons. The summed E-state index contributed by atoms with van der Waals surface area (Å²) in [6.07, 6.45) is 8.11. The van der Waals surface area contributed by atoms with E-state index in [9.17, 15) is 0 Å². The smallest absolute Gasteiger partial charge is 0.191 e. The van der Waals surface area contributed by atoms with Crippen LogP contribution in [0.5, 0.6) is 0 Å². The van der Waals surface area contributed by atoms with Crippen LogP contribution in [0.1, 0.15) is 36.9 Å². The third kappa shape index (κ3) is 9.00. The molecule has 2 aromatic rings. The topological polar surface area (TPSA) is 52.6 Å². The minimum atomic E-state index is 0. The Morgan fingerprint density at radius 3 is 2.50 bits per heavy atom. The fourth-order valence-corrected chi connectivity index (χ4v) is 3.93. The van der Waals surface area contributed by atoms with E-state index in [2.05, 4.69) is 55.8 Å². The molecule has 1 aromatic heterocycles. The Hall–Kier alpha value is -1.67. The predicted molar refractivity (Wildman–Crippen MR) is 136 cm³/mol. The van der Waals surface area contributed by atoms with Crippen LogP contribution >= 0.6 is 24.0 Å². The maximum Gasteiger partial charge on any atom is 0.191 e. The fraction of sp³-hybridized carbons (Fsp3) is 0.500. The number of halogens is 1. The van der Waals surface area contributed by atoms with E-state index in [1.54, 1.807) is 0 Å². The minimum Gasteiger partial charge on any atom is -0.356 e. The largest absolute Gasteiger partial charge is 0.356 e. The number of unbranched alkanes of at least 4 members (excludes halogenated alkanes) is 1. The molecule has 1 aliphatic rings. The summed E-state index contributed by atoms with van der Waals surface area (Å²) >= 11 is 0. The van der Waals surface area contributed by atoms with Gasteiger partial charge in [0.25, 0.3) is 0 Å². The molecule has 5 nitrogen and oxygen atoms in total. The summed E-state index contributed by atoms with van der Waals surface area (Å²) in [5.41, 5.74) is 2.51. The molecule has 0 unspecified atom stereocenters. The van der Waals surface area contributed by atoms with Gasteiger partial charge >= 0.3 is 0 Å². The number of rotatable bonds is 9. The zero-order valence-corrected chi connectivity index (χ0v) is 20.4. The summed E-state index contributed by atoms with van der Waals surface area (Å²) in [6.45, 7) is 5.35. The van der Waals surface area contributed by atoms with E-state index < -0.39 is 0 Å². The Morgan fingerprint density at radius 1 is 1.03 bits per heavy atom. The zero-order chi connectivity index (χ0) is 20.2. The second kappa shape index (κ2) is 14.4. The normalized spacial score (nSPS) is 15.4. The Kier molecular flexibility index (Phi) is 11.8. The first kappa shape index (κ1) is 24.6. The first-order valence-electron chi connectivity index (χ1n) is 10.9. The van der Waals surface area contributed by atoms with Crippen molar-refractivity contribution in [2.45, 2.75) is 38.6 Å².